The van der Waals surface area contributed by atoms with Crippen LogP contribution in [0.15, 0.2) is 71.1 Å². The van der Waals surface area contributed by atoms with Crippen molar-refractivity contribution < 1.29 is 17.9 Å². The van der Waals surface area contributed by atoms with Crippen molar-refractivity contribution in [3.63, 3.8) is 0 Å². The van der Waals surface area contributed by atoms with Crippen LogP contribution in [-0.2, 0) is 14.8 Å². The van der Waals surface area contributed by atoms with Crippen LogP contribution in [0, 0.1) is 0 Å². The summed E-state index contributed by atoms with van der Waals surface area (Å²) >= 11 is 1.33. The zero-order chi connectivity index (χ0) is 19.7. The van der Waals surface area contributed by atoms with Crippen molar-refractivity contribution >= 4 is 38.2 Å². The van der Waals surface area contributed by atoms with E-state index in [1.54, 1.807) is 61.0 Å². The van der Waals surface area contributed by atoms with Crippen molar-refractivity contribution in [2.75, 3.05) is 6.61 Å². The maximum Gasteiger partial charge on any atom is 0.356 e. The third-order valence-electron chi connectivity index (χ3n) is 4.23. The number of fused-ring (bicyclic) bond motifs is 1. The van der Waals surface area contributed by atoms with Crippen LogP contribution in [0.4, 0.5) is 0 Å². The van der Waals surface area contributed by atoms with Gasteiger partial charge in [-0.05, 0) is 25.1 Å². The number of hydrogen-bond donors (Lipinski definition) is 0. The van der Waals surface area contributed by atoms with Gasteiger partial charge in [0, 0.05) is 17.0 Å². The van der Waals surface area contributed by atoms with E-state index < -0.39 is 16.0 Å². The van der Waals surface area contributed by atoms with Gasteiger partial charge in [0.25, 0.3) is 10.0 Å². The highest BCUT2D eigenvalue weighted by molar-refractivity contribution is 7.90. The Balaban J connectivity index is 2.14. The molecule has 0 aliphatic rings. The first kappa shape index (κ1) is 18.4. The largest absolute Gasteiger partial charge is 0.461 e. The number of benzene rings is 2. The minimum absolute atomic E-state index is 0.0400. The fourth-order valence-electron chi connectivity index (χ4n) is 3.11. The Morgan fingerprint density at radius 3 is 2.50 bits per heavy atom. The molecular weight excluding hydrogens is 396 g/mol. The Kier molecular flexibility index (Phi) is 4.74. The van der Waals surface area contributed by atoms with Crippen LogP contribution in [0.1, 0.15) is 17.4 Å². The summed E-state index contributed by atoms with van der Waals surface area (Å²) in [6.45, 7) is 1.81. The Morgan fingerprint density at radius 1 is 1.11 bits per heavy atom. The van der Waals surface area contributed by atoms with E-state index in [0.717, 1.165) is 3.97 Å². The van der Waals surface area contributed by atoms with E-state index in [1.165, 1.54) is 23.5 Å². The first-order valence-corrected chi connectivity index (χ1v) is 10.9. The average molecular weight is 412 g/mol. The van der Waals surface area contributed by atoms with E-state index in [2.05, 4.69) is 4.98 Å². The van der Waals surface area contributed by atoms with Crippen molar-refractivity contribution in [2.45, 2.75) is 11.8 Å². The number of thiazole rings is 1. The van der Waals surface area contributed by atoms with Crippen molar-refractivity contribution in [2.24, 2.45) is 0 Å². The van der Waals surface area contributed by atoms with Gasteiger partial charge < -0.3 is 4.74 Å². The SMILES string of the molecule is CCOC(=O)c1c(-c2nccs2)c2ccccc2n1S(=O)(=O)c1ccccc1. The topological polar surface area (TPSA) is 78.3 Å². The van der Waals surface area contributed by atoms with Gasteiger partial charge in [-0.15, -0.1) is 11.3 Å². The highest BCUT2D eigenvalue weighted by atomic mass is 32.2. The molecule has 2 aromatic heterocycles. The lowest BCUT2D eigenvalue weighted by molar-refractivity contribution is 0.0519. The molecule has 4 aromatic rings. The number of rotatable bonds is 5. The zero-order valence-electron chi connectivity index (χ0n) is 14.9. The molecule has 2 heterocycles. The highest BCUT2D eigenvalue weighted by Gasteiger charge is 2.32. The molecule has 0 fully saturated rings. The molecule has 8 heteroatoms. The van der Waals surface area contributed by atoms with Crippen molar-refractivity contribution in [1.29, 1.82) is 0 Å². The predicted octanol–water partition coefficient (Wildman–Crippen LogP) is 4.18. The van der Waals surface area contributed by atoms with Crippen LogP contribution in [0.2, 0.25) is 0 Å². The number of nitrogens with zero attached hydrogens (tertiary/aromatic N) is 2. The van der Waals surface area contributed by atoms with E-state index in [-0.39, 0.29) is 17.2 Å². The monoisotopic (exact) mass is 412 g/mol. The molecule has 28 heavy (non-hydrogen) atoms. The molecule has 142 valence electrons. The minimum Gasteiger partial charge on any atom is -0.461 e. The summed E-state index contributed by atoms with van der Waals surface area (Å²) in [7, 11) is -4.04. The Bertz CT molecular complexity index is 1240. The van der Waals surface area contributed by atoms with Gasteiger partial charge in [-0.1, -0.05) is 36.4 Å². The van der Waals surface area contributed by atoms with Crippen LogP contribution in [0.3, 0.4) is 0 Å². The summed E-state index contributed by atoms with van der Waals surface area (Å²) in [5, 5.41) is 2.96. The van der Waals surface area contributed by atoms with Crippen molar-refractivity contribution in [1.82, 2.24) is 8.96 Å². The number of aromatic nitrogens is 2. The lowest BCUT2D eigenvalue weighted by atomic mass is 10.1. The maximum atomic E-state index is 13.5. The molecule has 0 saturated carbocycles. The molecule has 0 radical (unpaired) electrons. The summed E-state index contributed by atoms with van der Waals surface area (Å²) in [4.78, 5) is 17.3. The van der Waals surface area contributed by atoms with E-state index >= 15 is 0 Å². The van der Waals surface area contributed by atoms with Gasteiger partial charge in [-0.25, -0.2) is 22.2 Å². The van der Waals surface area contributed by atoms with Crippen molar-refractivity contribution in [3.8, 4) is 10.6 Å². The third-order valence-corrected chi connectivity index (χ3v) is 6.75. The zero-order valence-corrected chi connectivity index (χ0v) is 16.5. The van der Waals surface area contributed by atoms with E-state index in [1.807, 2.05) is 0 Å². The second-order valence-electron chi connectivity index (χ2n) is 5.88. The summed E-state index contributed by atoms with van der Waals surface area (Å²) < 4.78 is 33.3. The molecule has 0 N–H and O–H groups in total. The Labute approximate surface area is 166 Å². The summed E-state index contributed by atoms with van der Waals surface area (Å²) in [6, 6.07) is 15.0. The van der Waals surface area contributed by atoms with Crippen LogP contribution in [0.5, 0.6) is 0 Å². The normalized spacial score (nSPS) is 11.6. The Hall–Kier alpha value is -2.97. The van der Waals surface area contributed by atoms with E-state index in [0.29, 0.717) is 21.5 Å². The summed E-state index contributed by atoms with van der Waals surface area (Å²) in [5.41, 5.74) is 0.824. The molecule has 0 bridgehead atoms. The molecule has 2 aromatic carbocycles. The van der Waals surface area contributed by atoms with Gasteiger partial charge in [0.15, 0.2) is 5.69 Å². The second-order valence-corrected chi connectivity index (χ2v) is 8.56. The Morgan fingerprint density at radius 2 is 1.82 bits per heavy atom. The van der Waals surface area contributed by atoms with Gasteiger partial charge in [0.05, 0.1) is 22.6 Å². The fourth-order valence-corrected chi connectivity index (χ4v) is 5.34. The first-order chi connectivity index (χ1) is 13.6. The van der Waals surface area contributed by atoms with Gasteiger partial charge in [-0.2, -0.15) is 0 Å². The summed E-state index contributed by atoms with van der Waals surface area (Å²) in [5.74, 6) is -0.705. The van der Waals surface area contributed by atoms with Crippen LogP contribution in [0.25, 0.3) is 21.5 Å². The average Bonchev–Trinajstić information content (AvgIpc) is 3.34. The number of para-hydroxylation sites is 1. The van der Waals surface area contributed by atoms with Crippen LogP contribution < -0.4 is 0 Å². The van der Waals surface area contributed by atoms with E-state index in [4.69, 9.17) is 4.74 Å². The van der Waals surface area contributed by atoms with Crippen LogP contribution in [-0.4, -0.2) is 30.0 Å². The molecule has 0 unspecified atom stereocenters. The molecular formula is C20H16N2O4S2. The number of esters is 1. The van der Waals surface area contributed by atoms with E-state index in [9.17, 15) is 13.2 Å². The highest BCUT2D eigenvalue weighted by Crippen LogP contribution is 2.38. The van der Waals surface area contributed by atoms with Gasteiger partial charge in [-0.3, -0.25) is 0 Å². The minimum atomic E-state index is -4.04. The number of carbonyl (C=O) groups is 1. The molecule has 0 aliphatic carbocycles. The summed E-state index contributed by atoms with van der Waals surface area (Å²) in [6.07, 6.45) is 1.62. The maximum absolute atomic E-state index is 13.5. The predicted molar refractivity (Wildman–Crippen MR) is 108 cm³/mol. The second kappa shape index (κ2) is 7.21. The quantitative estimate of drug-likeness (QED) is 0.460. The molecule has 0 atom stereocenters. The number of carbonyl (C=O) groups excluding carboxylic acids is 1. The van der Waals surface area contributed by atoms with Crippen LogP contribution >= 0.6 is 11.3 Å². The molecule has 0 saturated heterocycles. The molecule has 4 rings (SSSR count). The smallest absolute Gasteiger partial charge is 0.356 e. The lowest BCUT2D eigenvalue weighted by Crippen LogP contribution is -2.20. The van der Waals surface area contributed by atoms with Gasteiger partial charge in [0.2, 0.25) is 0 Å². The van der Waals surface area contributed by atoms with Gasteiger partial charge >= 0.3 is 5.97 Å². The molecule has 0 amide bonds. The third kappa shape index (κ3) is 2.90. The molecule has 0 aliphatic heterocycles. The molecule has 0 spiro atoms. The number of ether oxygens (including phenoxy) is 1. The fraction of sp³-hybridized carbons (Fsp3) is 0.100. The van der Waals surface area contributed by atoms with Crippen molar-refractivity contribution in [3.05, 3.63) is 71.9 Å². The first-order valence-electron chi connectivity index (χ1n) is 8.56. The number of hydrogen-bond acceptors (Lipinski definition) is 6. The molecule has 6 nitrogen and oxygen atoms in total. The van der Waals surface area contributed by atoms with Gasteiger partial charge in [0.1, 0.15) is 5.01 Å². The standard InChI is InChI=1S/C20H16N2O4S2/c1-2-26-20(23)18-17(19-21-12-13-27-19)15-10-6-7-11-16(15)22(18)28(24,25)14-8-4-3-5-9-14/h3-13H,2H2,1H3. The lowest BCUT2D eigenvalue weighted by Gasteiger charge is -2.12.